The van der Waals surface area contributed by atoms with Gasteiger partial charge in [-0.05, 0) is 52.1 Å². The predicted molar refractivity (Wildman–Crippen MR) is 107 cm³/mol. The topological polar surface area (TPSA) is 108 Å². The van der Waals surface area contributed by atoms with Crippen LogP contribution in [0.15, 0.2) is 18.5 Å². The van der Waals surface area contributed by atoms with Crippen LogP contribution in [0, 0.1) is 13.8 Å². The molecule has 2 aliphatic heterocycles. The number of aromatic amines is 1. The largest absolute Gasteiger partial charge is 0.365 e. The fraction of sp³-hybridized carbons (Fsp3) is 0.600. The summed E-state index contributed by atoms with van der Waals surface area (Å²) in [6.07, 6.45) is 7.23. The van der Waals surface area contributed by atoms with Crippen molar-refractivity contribution in [1.82, 2.24) is 35.5 Å². The van der Waals surface area contributed by atoms with Gasteiger partial charge in [-0.1, -0.05) is 5.21 Å². The number of nitrogens with zero attached hydrogens (tertiary/aromatic N) is 4. The molecule has 2 aromatic heterocycles. The summed E-state index contributed by atoms with van der Waals surface area (Å²) in [5, 5.41) is 14.2. The molecule has 0 unspecified atom stereocenters. The van der Waals surface area contributed by atoms with Crippen molar-refractivity contribution in [3.8, 4) is 0 Å². The summed E-state index contributed by atoms with van der Waals surface area (Å²) in [5.41, 5.74) is 1.85. The second kappa shape index (κ2) is 7.98. The summed E-state index contributed by atoms with van der Waals surface area (Å²) in [6, 6.07) is 1.76. The van der Waals surface area contributed by atoms with E-state index < -0.39 is 5.54 Å². The fourth-order valence-corrected chi connectivity index (χ4v) is 4.69. The number of piperidine rings is 1. The lowest BCUT2D eigenvalue weighted by Gasteiger charge is -2.40. The number of carbonyl (C=O) groups excluding carboxylic acids is 2. The minimum absolute atomic E-state index is 0.0291. The average Bonchev–Trinajstić information content (AvgIpc) is 3.40. The number of aromatic nitrogens is 4. The first-order chi connectivity index (χ1) is 14.0. The monoisotopic (exact) mass is 399 g/mol. The third-order valence-corrected chi connectivity index (χ3v) is 6.13. The molecule has 0 aliphatic carbocycles. The van der Waals surface area contributed by atoms with Gasteiger partial charge in [0.1, 0.15) is 5.54 Å². The number of fused-ring (bicyclic) bond motifs is 1. The highest BCUT2D eigenvalue weighted by Crippen LogP contribution is 2.38. The lowest BCUT2D eigenvalue weighted by molar-refractivity contribution is -0.133. The fourth-order valence-electron chi connectivity index (χ4n) is 4.69. The molecule has 2 aliphatic rings. The van der Waals surface area contributed by atoms with Crippen LogP contribution in [0.3, 0.4) is 0 Å². The van der Waals surface area contributed by atoms with Crippen LogP contribution < -0.4 is 10.6 Å². The highest BCUT2D eigenvalue weighted by molar-refractivity contribution is 5.95. The van der Waals surface area contributed by atoms with Gasteiger partial charge in [0.15, 0.2) is 0 Å². The van der Waals surface area contributed by atoms with Gasteiger partial charge in [0.2, 0.25) is 5.91 Å². The summed E-state index contributed by atoms with van der Waals surface area (Å²) in [6.45, 7) is 6.49. The van der Waals surface area contributed by atoms with E-state index in [9.17, 15) is 9.59 Å². The van der Waals surface area contributed by atoms with Gasteiger partial charge < -0.3 is 15.6 Å². The van der Waals surface area contributed by atoms with Crippen molar-refractivity contribution in [3.63, 3.8) is 0 Å². The Morgan fingerprint density at radius 1 is 1.34 bits per heavy atom. The number of nitrogens with one attached hydrogen (secondary N) is 3. The standard InChI is InChI=1S/C20H29N7O2/c1-14-12-27(25-24-14)10-8-22-19(29)20-6-3-4-9-26(20)13-16(11-20)23-18(28)17-5-7-21-15(17)2/h5,7,12,16,21H,3-4,6,8-11,13H2,1-2H3,(H,22,29)(H,23,28)/t16-,20-/m0/s1. The first-order valence-corrected chi connectivity index (χ1v) is 10.3. The molecule has 9 nitrogen and oxygen atoms in total. The van der Waals surface area contributed by atoms with E-state index in [0.29, 0.717) is 31.6 Å². The number of amides is 2. The molecular formula is C20H29N7O2. The van der Waals surface area contributed by atoms with Gasteiger partial charge in [0.05, 0.1) is 17.8 Å². The second-order valence-electron chi connectivity index (χ2n) is 8.20. The molecule has 2 amide bonds. The van der Waals surface area contributed by atoms with Crippen LogP contribution >= 0.6 is 0 Å². The van der Waals surface area contributed by atoms with Crippen LogP contribution in [-0.4, -0.2) is 67.9 Å². The van der Waals surface area contributed by atoms with E-state index in [1.807, 2.05) is 20.0 Å². The van der Waals surface area contributed by atoms with Crippen molar-refractivity contribution in [2.75, 3.05) is 19.6 Å². The highest BCUT2D eigenvalue weighted by atomic mass is 16.2. The Kier molecular flexibility index (Phi) is 5.40. The molecule has 2 atom stereocenters. The normalized spacial score (nSPS) is 24.3. The van der Waals surface area contributed by atoms with E-state index in [4.69, 9.17) is 0 Å². The molecule has 0 saturated carbocycles. The van der Waals surface area contributed by atoms with Gasteiger partial charge in [-0.2, -0.15) is 0 Å². The molecule has 0 spiro atoms. The molecule has 156 valence electrons. The zero-order valence-electron chi connectivity index (χ0n) is 17.1. The van der Waals surface area contributed by atoms with Crippen molar-refractivity contribution < 1.29 is 9.59 Å². The van der Waals surface area contributed by atoms with Crippen molar-refractivity contribution in [2.45, 2.75) is 57.7 Å². The molecule has 0 radical (unpaired) electrons. The van der Waals surface area contributed by atoms with Crippen LogP contribution in [-0.2, 0) is 11.3 Å². The summed E-state index contributed by atoms with van der Waals surface area (Å²) in [7, 11) is 0. The maximum atomic E-state index is 13.2. The van der Waals surface area contributed by atoms with Gasteiger partial charge in [-0.15, -0.1) is 5.10 Å². The van der Waals surface area contributed by atoms with E-state index in [0.717, 1.165) is 37.2 Å². The van der Waals surface area contributed by atoms with Crippen LogP contribution in [0.1, 0.15) is 47.4 Å². The molecule has 0 aromatic carbocycles. The summed E-state index contributed by atoms with van der Waals surface area (Å²) in [5.74, 6) is -0.0191. The quantitative estimate of drug-likeness (QED) is 0.665. The predicted octanol–water partition coefficient (Wildman–Crippen LogP) is 0.766. The lowest BCUT2D eigenvalue weighted by atomic mass is 9.84. The molecular weight excluding hydrogens is 370 g/mol. The molecule has 3 N–H and O–H groups in total. The van der Waals surface area contributed by atoms with Crippen molar-refractivity contribution in [2.24, 2.45) is 0 Å². The van der Waals surface area contributed by atoms with Crippen molar-refractivity contribution in [3.05, 3.63) is 35.4 Å². The van der Waals surface area contributed by atoms with E-state index in [1.165, 1.54) is 0 Å². The molecule has 0 bridgehead atoms. The number of rotatable bonds is 6. The Labute approximate surface area is 170 Å². The van der Waals surface area contributed by atoms with E-state index in [2.05, 4.69) is 30.8 Å². The van der Waals surface area contributed by atoms with E-state index in [1.54, 1.807) is 16.9 Å². The molecule has 2 saturated heterocycles. The summed E-state index contributed by atoms with van der Waals surface area (Å²) in [4.78, 5) is 31.1. The summed E-state index contributed by atoms with van der Waals surface area (Å²) < 4.78 is 1.74. The smallest absolute Gasteiger partial charge is 0.253 e. The molecule has 29 heavy (non-hydrogen) atoms. The maximum Gasteiger partial charge on any atom is 0.253 e. The molecule has 9 heteroatoms. The minimum Gasteiger partial charge on any atom is -0.365 e. The van der Waals surface area contributed by atoms with Crippen molar-refractivity contribution in [1.29, 1.82) is 0 Å². The Hall–Kier alpha value is -2.68. The third kappa shape index (κ3) is 3.91. The molecule has 2 fully saturated rings. The van der Waals surface area contributed by atoms with Crippen LogP contribution in [0.25, 0.3) is 0 Å². The van der Waals surface area contributed by atoms with E-state index in [-0.39, 0.29) is 17.9 Å². The van der Waals surface area contributed by atoms with Gasteiger partial charge in [0.25, 0.3) is 5.91 Å². The Morgan fingerprint density at radius 3 is 2.93 bits per heavy atom. The lowest BCUT2D eigenvalue weighted by Crippen LogP contribution is -2.57. The second-order valence-corrected chi connectivity index (χ2v) is 8.20. The molecule has 4 heterocycles. The molecule has 4 rings (SSSR count). The zero-order valence-corrected chi connectivity index (χ0v) is 17.1. The Bertz CT molecular complexity index is 889. The van der Waals surface area contributed by atoms with Gasteiger partial charge >= 0.3 is 0 Å². The van der Waals surface area contributed by atoms with Gasteiger partial charge in [0, 0.05) is 37.2 Å². The Balaban J connectivity index is 1.39. The number of H-pyrrole nitrogens is 1. The average molecular weight is 399 g/mol. The first kappa shape index (κ1) is 19.6. The van der Waals surface area contributed by atoms with E-state index >= 15 is 0 Å². The molecule has 2 aromatic rings. The first-order valence-electron chi connectivity index (χ1n) is 10.3. The maximum absolute atomic E-state index is 13.2. The summed E-state index contributed by atoms with van der Waals surface area (Å²) >= 11 is 0. The van der Waals surface area contributed by atoms with Crippen LogP contribution in [0.5, 0.6) is 0 Å². The Morgan fingerprint density at radius 2 is 2.21 bits per heavy atom. The number of carbonyl (C=O) groups is 2. The van der Waals surface area contributed by atoms with Crippen LogP contribution in [0.4, 0.5) is 0 Å². The highest BCUT2D eigenvalue weighted by Gasteiger charge is 2.52. The SMILES string of the molecule is Cc1cn(CCNC(=O)[C@@]23CCCCN2C[C@@H](NC(=O)c2cc[nH]c2C)C3)nn1. The zero-order chi connectivity index (χ0) is 20.4. The number of hydrogen-bond acceptors (Lipinski definition) is 5. The third-order valence-electron chi connectivity index (χ3n) is 6.13. The van der Waals surface area contributed by atoms with Gasteiger partial charge in [-0.3, -0.25) is 19.2 Å². The van der Waals surface area contributed by atoms with Gasteiger partial charge in [-0.25, -0.2) is 0 Å². The van der Waals surface area contributed by atoms with Crippen molar-refractivity contribution >= 4 is 11.8 Å². The minimum atomic E-state index is -0.526. The number of aryl methyl sites for hydroxylation is 2. The van der Waals surface area contributed by atoms with Crippen LogP contribution in [0.2, 0.25) is 0 Å². The number of hydrogen-bond donors (Lipinski definition) is 3.